The minimum atomic E-state index is -0.898. The van der Waals surface area contributed by atoms with Crippen molar-refractivity contribution in [3.8, 4) is 12.3 Å². The molecule has 0 fully saturated rings. The molecule has 0 amide bonds. The fraction of sp³-hybridized carbons (Fsp3) is 0.182. The molecular formula is C11H10O2S. The molecule has 0 radical (unpaired) electrons. The van der Waals surface area contributed by atoms with E-state index in [-0.39, 0.29) is 0 Å². The Hall–Kier alpha value is -1.40. The van der Waals surface area contributed by atoms with Gasteiger partial charge in [0.2, 0.25) is 0 Å². The molecule has 0 unspecified atom stereocenters. The van der Waals surface area contributed by atoms with E-state index in [9.17, 15) is 4.79 Å². The van der Waals surface area contributed by atoms with Crippen molar-refractivity contribution < 1.29 is 9.90 Å². The van der Waals surface area contributed by atoms with Gasteiger partial charge < -0.3 is 5.11 Å². The fourth-order valence-corrected chi connectivity index (χ4v) is 1.71. The first-order valence-electron chi connectivity index (χ1n) is 4.13. The van der Waals surface area contributed by atoms with Gasteiger partial charge in [-0.05, 0) is 24.3 Å². The van der Waals surface area contributed by atoms with Gasteiger partial charge in [-0.15, -0.1) is 24.1 Å². The molecule has 1 aromatic carbocycles. The predicted molar refractivity (Wildman–Crippen MR) is 57.6 cm³/mol. The second kappa shape index (κ2) is 5.36. The molecule has 0 aliphatic carbocycles. The molecule has 1 aromatic rings. The van der Waals surface area contributed by atoms with Crippen LogP contribution in [0.15, 0.2) is 29.2 Å². The highest BCUT2D eigenvalue weighted by Gasteiger charge is 2.01. The van der Waals surface area contributed by atoms with E-state index in [1.807, 2.05) is 0 Å². The van der Waals surface area contributed by atoms with Crippen LogP contribution in [0, 0.1) is 12.3 Å². The summed E-state index contributed by atoms with van der Waals surface area (Å²) in [5.41, 5.74) is 0.311. The van der Waals surface area contributed by atoms with Crippen molar-refractivity contribution in [1.82, 2.24) is 0 Å². The number of rotatable bonds is 4. The first kappa shape index (κ1) is 10.7. The lowest BCUT2D eigenvalue weighted by Gasteiger charge is -1.99. The van der Waals surface area contributed by atoms with E-state index >= 15 is 0 Å². The van der Waals surface area contributed by atoms with Crippen LogP contribution in [-0.4, -0.2) is 16.8 Å². The lowest BCUT2D eigenvalue weighted by Crippen LogP contribution is -1.94. The van der Waals surface area contributed by atoms with E-state index in [2.05, 4.69) is 5.92 Å². The van der Waals surface area contributed by atoms with Gasteiger partial charge in [0, 0.05) is 17.1 Å². The van der Waals surface area contributed by atoms with E-state index in [4.69, 9.17) is 11.5 Å². The normalized spacial score (nSPS) is 9.36. The van der Waals surface area contributed by atoms with Gasteiger partial charge in [-0.1, -0.05) is 0 Å². The largest absolute Gasteiger partial charge is 0.478 e. The molecule has 0 aromatic heterocycles. The first-order chi connectivity index (χ1) is 6.74. The molecule has 1 rings (SSSR count). The maximum absolute atomic E-state index is 10.5. The molecule has 3 heteroatoms. The van der Waals surface area contributed by atoms with Gasteiger partial charge in [0.05, 0.1) is 5.56 Å². The lowest BCUT2D eigenvalue weighted by atomic mass is 10.2. The third kappa shape index (κ3) is 3.15. The van der Waals surface area contributed by atoms with Crippen molar-refractivity contribution in [3.63, 3.8) is 0 Å². The number of thioether (sulfide) groups is 1. The maximum Gasteiger partial charge on any atom is 0.335 e. The quantitative estimate of drug-likeness (QED) is 0.467. The van der Waals surface area contributed by atoms with Crippen molar-refractivity contribution in [3.05, 3.63) is 29.8 Å². The molecule has 0 atom stereocenters. The van der Waals surface area contributed by atoms with Gasteiger partial charge in [0.1, 0.15) is 0 Å². The molecule has 0 saturated heterocycles. The molecule has 72 valence electrons. The molecule has 14 heavy (non-hydrogen) atoms. The maximum atomic E-state index is 10.5. The molecule has 0 spiro atoms. The Labute approximate surface area is 87.3 Å². The van der Waals surface area contributed by atoms with Crippen LogP contribution in [0.1, 0.15) is 16.8 Å². The van der Waals surface area contributed by atoms with E-state index in [0.717, 1.165) is 17.1 Å². The zero-order valence-corrected chi connectivity index (χ0v) is 8.38. The number of benzene rings is 1. The van der Waals surface area contributed by atoms with Crippen molar-refractivity contribution >= 4 is 17.7 Å². The summed E-state index contributed by atoms with van der Waals surface area (Å²) in [5.74, 6) is 2.52. The van der Waals surface area contributed by atoms with Crippen LogP contribution in [0.3, 0.4) is 0 Å². The average Bonchev–Trinajstić information content (AvgIpc) is 2.19. The zero-order chi connectivity index (χ0) is 10.4. The summed E-state index contributed by atoms with van der Waals surface area (Å²) in [6, 6.07) is 6.79. The smallest absolute Gasteiger partial charge is 0.335 e. The van der Waals surface area contributed by atoms with Crippen LogP contribution >= 0.6 is 11.8 Å². The van der Waals surface area contributed by atoms with E-state index < -0.39 is 5.97 Å². The third-order valence-electron chi connectivity index (χ3n) is 1.62. The predicted octanol–water partition coefficient (Wildman–Crippen LogP) is 2.50. The van der Waals surface area contributed by atoms with Crippen LogP contribution in [0.5, 0.6) is 0 Å². The molecular weight excluding hydrogens is 196 g/mol. The zero-order valence-electron chi connectivity index (χ0n) is 7.56. The highest BCUT2D eigenvalue weighted by atomic mass is 32.2. The van der Waals surface area contributed by atoms with Gasteiger partial charge in [-0.2, -0.15) is 0 Å². The number of terminal acetylenes is 1. The van der Waals surface area contributed by atoms with Crippen LogP contribution in [-0.2, 0) is 0 Å². The number of aromatic carboxylic acids is 1. The van der Waals surface area contributed by atoms with Gasteiger partial charge in [0.25, 0.3) is 0 Å². The molecule has 0 bridgehead atoms. The molecule has 1 N–H and O–H groups in total. The summed E-state index contributed by atoms with van der Waals surface area (Å²) in [4.78, 5) is 11.6. The summed E-state index contributed by atoms with van der Waals surface area (Å²) >= 11 is 1.63. The standard InChI is InChI=1S/C11H10O2S/c1-2-3-8-14-10-6-4-9(5-7-10)11(12)13/h1,4-7H,3,8H2,(H,12,13). The number of carbonyl (C=O) groups is 1. The highest BCUT2D eigenvalue weighted by molar-refractivity contribution is 7.99. The number of carboxylic acids is 1. The lowest BCUT2D eigenvalue weighted by molar-refractivity contribution is 0.0697. The van der Waals surface area contributed by atoms with Crippen LogP contribution < -0.4 is 0 Å². The van der Waals surface area contributed by atoms with Crippen LogP contribution in [0.25, 0.3) is 0 Å². The van der Waals surface area contributed by atoms with Crippen molar-refractivity contribution in [2.24, 2.45) is 0 Å². The molecule has 0 aliphatic heterocycles. The van der Waals surface area contributed by atoms with Gasteiger partial charge >= 0.3 is 5.97 Å². The van der Waals surface area contributed by atoms with Crippen LogP contribution in [0.4, 0.5) is 0 Å². The monoisotopic (exact) mass is 206 g/mol. The Balaban J connectivity index is 2.56. The summed E-state index contributed by atoms with van der Waals surface area (Å²) in [6.45, 7) is 0. The van der Waals surface area contributed by atoms with Gasteiger partial charge in [-0.3, -0.25) is 0 Å². The number of carboxylic acid groups (broad SMARTS) is 1. The summed E-state index contributed by atoms with van der Waals surface area (Å²) < 4.78 is 0. The topological polar surface area (TPSA) is 37.3 Å². The Morgan fingerprint density at radius 1 is 1.43 bits per heavy atom. The molecule has 0 saturated carbocycles. The second-order valence-electron chi connectivity index (χ2n) is 2.63. The van der Waals surface area contributed by atoms with Crippen molar-refractivity contribution in [1.29, 1.82) is 0 Å². The van der Waals surface area contributed by atoms with Crippen molar-refractivity contribution in [2.45, 2.75) is 11.3 Å². The minimum Gasteiger partial charge on any atom is -0.478 e. The second-order valence-corrected chi connectivity index (χ2v) is 3.80. The van der Waals surface area contributed by atoms with Crippen molar-refractivity contribution in [2.75, 3.05) is 5.75 Å². The number of hydrogen-bond donors (Lipinski definition) is 1. The Bertz CT molecular complexity index is 349. The number of hydrogen-bond acceptors (Lipinski definition) is 2. The summed E-state index contributed by atoms with van der Waals surface area (Å²) in [7, 11) is 0. The average molecular weight is 206 g/mol. The molecule has 0 heterocycles. The Morgan fingerprint density at radius 2 is 2.07 bits per heavy atom. The van der Waals surface area contributed by atoms with Gasteiger partial charge in [-0.25, -0.2) is 4.79 Å². The SMILES string of the molecule is C#CCCSc1ccc(C(=O)O)cc1. The Kier molecular flexibility index (Phi) is 4.09. The fourth-order valence-electron chi connectivity index (χ4n) is 0.922. The van der Waals surface area contributed by atoms with E-state index in [0.29, 0.717) is 5.56 Å². The highest BCUT2D eigenvalue weighted by Crippen LogP contribution is 2.18. The first-order valence-corrected chi connectivity index (χ1v) is 5.12. The molecule has 0 aliphatic rings. The van der Waals surface area contributed by atoms with E-state index in [1.54, 1.807) is 36.0 Å². The van der Waals surface area contributed by atoms with E-state index in [1.165, 1.54) is 0 Å². The third-order valence-corrected chi connectivity index (χ3v) is 2.63. The molecule has 2 nitrogen and oxygen atoms in total. The summed E-state index contributed by atoms with van der Waals surface area (Å²) in [5, 5.41) is 8.66. The van der Waals surface area contributed by atoms with Crippen LogP contribution in [0.2, 0.25) is 0 Å². The summed E-state index contributed by atoms with van der Waals surface area (Å²) in [6.07, 6.45) is 5.84. The Morgan fingerprint density at radius 3 is 2.57 bits per heavy atom. The van der Waals surface area contributed by atoms with Gasteiger partial charge in [0.15, 0.2) is 0 Å². The minimum absolute atomic E-state index is 0.311.